The second-order valence-corrected chi connectivity index (χ2v) is 5.74. The molecule has 0 saturated carbocycles. The number of nitrogens with one attached hydrogen (secondary N) is 1. The fourth-order valence-electron chi connectivity index (χ4n) is 1.85. The number of fused-ring (bicyclic) bond motifs is 2. The second kappa shape index (κ2) is 5.22. The van der Waals surface area contributed by atoms with Gasteiger partial charge in [-0.25, -0.2) is 9.97 Å². The quantitative estimate of drug-likeness (QED) is 0.396. The van der Waals surface area contributed by atoms with Gasteiger partial charge in [0.2, 0.25) is 5.95 Å². The van der Waals surface area contributed by atoms with Crippen LogP contribution in [0, 0.1) is 0 Å². The van der Waals surface area contributed by atoms with Crippen molar-refractivity contribution in [2.45, 2.75) is 11.0 Å². The van der Waals surface area contributed by atoms with Crippen molar-refractivity contribution >= 4 is 50.6 Å². The third-order valence-electron chi connectivity index (χ3n) is 2.75. The smallest absolute Gasteiger partial charge is 0.280 e. The first kappa shape index (κ1) is 10.9. The number of hydrogen-bond acceptors (Lipinski definition) is 9. The zero-order valence-electron chi connectivity index (χ0n) is 13.3. The van der Waals surface area contributed by atoms with E-state index in [2.05, 4.69) is 19.9 Å². The summed E-state index contributed by atoms with van der Waals surface area (Å²) >= 11 is 1.48. The van der Waals surface area contributed by atoms with Gasteiger partial charge < -0.3 is 15.9 Å². The van der Waals surface area contributed by atoms with Gasteiger partial charge in [0, 0.05) is 4.11 Å². The van der Waals surface area contributed by atoms with Crippen molar-refractivity contribution < 1.29 is 14.3 Å². The van der Waals surface area contributed by atoms with E-state index in [0.29, 0.717) is 11.8 Å². The SMILES string of the molecule is [2H]C([2H])([2H])Sc1c(C(O)CO)sc2nc3n[13c]([15NH2])[15nH]c(=O)c3nc12. The molecule has 21 heavy (non-hydrogen) atoms. The summed E-state index contributed by atoms with van der Waals surface area (Å²) in [6.45, 7) is -0.591. The highest BCUT2D eigenvalue weighted by Crippen LogP contribution is 2.39. The van der Waals surface area contributed by atoms with Crippen molar-refractivity contribution in [1.82, 2.24) is 19.9 Å². The average molecular weight is 331 g/mol. The molecular weight excluding hydrogens is 317 g/mol. The lowest BCUT2D eigenvalue weighted by atomic mass is 10.3. The fraction of sp³-hybridized carbons (Fsp3) is 0.273. The molecule has 110 valence electrons. The molecule has 3 aromatic heterocycles. The zero-order valence-corrected chi connectivity index (χ0v) is 12.0. The predicted molar refractivity (Wildman–Crippen MR) is 81.6 cm³/mol. The van der Waals surface area contributed by atoms with Gasteiger partial charge in [-0.3, -0.25) is 9.78 Å². The van der Waals surface area contributed by atoms with Gasteiger partial charge in [-0.05, 0) is 6.18 Å². The Bertz CT molecular complexity index is 987. The first-order chi connectivity index (χ1) is 11.2. The number of thiophene rings is 1. The first-order valence-electron chi connectivity index (χ1n) is 7.17. The number of hydrogen-bond donors (Lipinski definition) is 4. The highest BCUT2D eigenvalue weighted by molar-refractivity contribution is 7.99. The lowest BCUT2D eigenvalue weighted by Crippen LogP contribution is -2.13. The summed E-state index contributed by atoms with van der Waals surface area (Å²) in [4.78, 5) is 27.1. The van der Waals surface area contributed by atoms with Crippen LogP contribution in [-0.4, -0.2) is 42.9 Å². The van der Waals surface area contributed by atoms with Crippen molar-refractivity contribution in [3.63, 3.8) is 0 Å². The molecule has 1 atom stereocenters. The van der Waals surface area contributed by atoms with E-state index in [1.807, 2.05) is 0 Å². The Labute approximate surface area is 130 Å². The van der Waals surface area contributed by atoms with Crippen molar-refractivity contribution in [2.75, 3.05) is 18.5 Å². The highest BCUT2D eigenvalue weighted by Gasteiger charge is 2.21. The van der Waals surface area contributed by atoms with E-state index in [-0.39, 0.29) is 37.2 Å². The van der Waals surface area contributed by atoms with E-state index in [0.717, 1.165) is 11.3 Å². The maximum atomic E-state index is 12.0. The molecule has 3 aromatic rings. The minimum Gasteiger partial charge on any atom is -0.393 e. The van der Waals surface area contributed by atoms with Gasteiger partial charge in [0.1, 0.15) is 16.5 Å². The molecular formula is C11H11N5O3S2. The van der Waals surface area contributed by atoms with Crippen LogP contribution >= 0.6 is 23.1 Å². The molecule has 3 rings (SSSR count). The molecule has 8 nitrogen and oxygen atoms in total. The third-order valence-corrected chi connectivity index (χ3v) is 4.67. The standard InChI is InChI=1S/C11H11N5O3S2/c1-20-7-4-10(21-6(7)3(18)2-17)14-8-5(13-4)9(19)16-11(12)15-8/h3,17-18H,2H2,1H3,(H3,12,14,15,16,19)/i1D3,11+1,12+1,16+1. The van der Waals surface area contributed by atoms with Gasteiger partial charge in [0.15, 0.2) is 11.2 Å². The maximum absolute atomic E-state index is 12.0. The summed E-state index contributed by atoms with van der Waals surface area (Å²) in [6, 6.07) is 0. The minimum absolute atomic E-state index is 0.0143. The zero-order chi connectivity index (χ0) is 17.6. The molecule has 5 N–H and O–H groups in total. The molecule has 0 aromatic carbocycles. The topological polar surface area (TPSA) is 138 Å². The minimum atomic E-state index is -2.40. The normalized spacial score (nSPS) is 15.8. The molecule has 1 unspecified atom stereocenters. The number of rotatable bonds is 3. The molecule has 0 amide bonds. The molecule has 0 saturated heterocycles. The Hall–Kier alpha value is -1.75. The van der Waals surface area contributed by atoms with Crippen LogP contribution in [0.3, 0.4) is 0 Å². The summed E-state index contributed by atoms with van der Waals surface area (Å²) in [5, 5.41) is 19.1. The summed E-state index contributed by atoms with van der Waals surface area (Å²) in [6.07, 6.45) is -3.68. The number of nitrogens with zero attached hydrogens (tertiary/aromatic N) is 3. The Kier molecular flexibility index (Phi) is 2.71. The number of anilines is 1. The maximum Gasteiger partial charge on any atom is 0.280 e. The molecule has 0 aliphatic rings. The molecule has 0 aliphatic heterocycles. The van der Waals surface area contributed by atoms with Crippen LogP contribution < -0.4 is 11.3 Å². The number of H-pyrrole nitrogens is 1. The van der Waals surface area contributed by atoms with Crippen molar-refractivity contribution in [1.29, 1.82) is 0 Å². The second-order valence-electron chi connectivity index (χ2n) is 4.10. The molecule has 3 heterocycles. The van der Waals surface area contributed by atoms with E-state index >= 15 is 0 Å². The molecule has 0 spiro atoms. The van der Waals surface area contributed by atoms with E-state index in [1.54, 1.807) is 0 Å². The van der Waals surface area contributed by atoms with Gasteiger partial charge in [0.25, 0.3) is 5.56 Å². The summed E-state index contributed by atoms with van der Waals surface area (Å²) in [5.41, 5.74) is 4.95. The lowest BCUT2D eigenvalue weighted by Gasteiger charge is -2.05. The molecule has 0 fully saturated rings. The van der Waals surface area contributed by atoms with Gasteiger partial charge in [0.05, 0.1) is 16.4 Å². The van der Waals surface area contributed by atoms with E-state index in [4.69, 9.17) is 9.85 Å². The van der Waals surface area contributed by atoms with Crippen molar-refractivity contribution in [2.24, 2.45) is 0 Å². The van der Waals surface area contributed by atoms with Gasteiger partial charge >= 0.3 is 0 Å². The number of nitrogens with two attached hydrogens (primary N) is 1. The lowest BCUT2D eigenvalue weighted by molar-refractivity contribution is 0.0967. The van der Waals surface area contributed by atoms with Gasteiger partial charge in [-0.15, -0.1) is 23.1 Å². The highest BCUT2D eigenvalue weighted by atomic mass is 32.2. The monoisotopic (exact) mass is 331 g/mol. The predicted octanol–water partition coefficient (Wildman–Crippen LogP) is 0.258. The number of nitrogen functional groups attached to an aromatic ring is 1. The summed E-state index contributed by atoms with van der Waals surface area (Å²) < 4.78 is 22.3. The van der Waals surface area contributed by atoms with Crippen LogP contribution in [0.15, 0.2) is 9.69 Å². The van der Waals surface area contributed by atoms with E-state index in [1.165, 1.54) is 0 Å². The number of aromatic nitrogens is 4. The Morgan fingerprint density at radius 2 is 2.29 bits per heavy atom. The van der Waals surface area contributed by atoms with Crippen LogP contribution in [0.25, 0.3) is 21.5 Å². The molecule has 0 bridgehead atoms. The average Bonchev–Trinajstić information content (AvgIpc) is 2.80. The Morgan fingerprint density at radius 1 is 1.48 bits per heavy atom. The number of aromatic amines is 1. The molecule has 0 radical (unpaired) electrons. The van der Waals surface area contributed by atoms with Crippen LogP contribution in [0.5, 0.6) is 0 Å². The van der Waals surface area contributed by atoms with Crippen LogP contribution in [0.4, 0.5) is 5.95 Å². The Balaban J connectivity index is 2.35. The fourth-order valence-corrected chi connectivity index (χ4v) is 3.62. The van der Waals surface area contributed by atoms with Gasteiger partial charge in [-0.2, -0.15) is 4.98 Å². The summed E-state index contributed by atoms with van der Waals surface area (Å²) in [7, 11) is 0. The van der Waals surface area contributed by atoms with Crippen molar-refractivity contribution in [3.8, 4) is 0 Å². The van der Waals surface area contributed by atoms with Gasteiger partial charge in [-0.1, -0.05) is 0 Å². The van der Waals surface area contributed by atoms with Crippen LogP contribution in [0.1, 0.15) is 15.1 Å². The van der Waals surface area contributed by atoms with E-state index in [9.17, 15) is 15.0 Å². The Morgan fingerprint density at radius 3 is 3.00 bits per heavy atom. The number of aliphatic hydroxyl groups excluding tert-OH is 2. The first-order valence-corrected chi connectivity index (χ1v) is 7.31. The van der Waals surface area contributed by atoms with E-state index < -0.39 is 24.5 Å². The van der Waals surface area contributed by atoms with Crippen LogP contribution in [0.2, 0.25) is 0 Å². The summed E-state index contributed by atoms with van der Waals surface area (Å²) in [5.74, 6) is -0.120. The molecule has 10 heteroatoms. The molecule has 0 aliphatic carbocycles. The number of aliphatic hydroxyl groups is 2. The third kappa shape index (κ3) is 2.25. The van der Waals surface area contributed by atoms with Crippen molar-refractivity contribution in [3.05, 3.63) is 15.2 Å². The van der Waals surface area contributed by atoms with Crippen LogP contribution in [-0.2, 0) is 0 Å². The largest absolute Gasteiger partial charge is 0.393 e. The number of thioether (sulfide) groups is 1.